The number of benzene rings is 1. The lowest BCUT2D eigenvalue weighted by atomic mass is 10.1. The average molecular weight is 214 g/mol. The molecule has 0 atom stereocenters. The quantitative estimate of drug-likeness (QED) is 0.724. The third kappa shape index (κ3) is 1.37. The molecule has 0 bridgehead atoms. The fraction of sp³-hybridized carbons (Fsp3) is 0.222. The monoisotopic (exact) mass is 213 g/mol. The van der Waals surface area contributed by atoms with Gasteiger partial charge in [0.25, 0.3) is 0 Å². The molecule has 0 aromatic heterocycles. The second-order valence-electron chi connectivity index (χ2n) is 2.81. The molecule has 1 N–H and O–H groups in total. The largest absolute Gasteiger partial charge is 0.506 e. The number of halogens is 1. The number of nitrogens with zero attached hydrogens (tertiary/aromatic N) is 1. The zero-order valence-corrected chi connectivity index (χ0v) is 8.21. The van der Waals surface area contributed by atoms with E-state index in [9.17, 15) is 5.11 Å². The third-order valence-electron chi connectivity index (χ3n) is 1.93. The molecule has 4 nitrogen and oxygen atoms in total. The molecule has 2 rings (SSSR count). The third-order valence-corrected chi connectivity index (χ3v) is 2.23. The molecular weight excluding hydrogens is 206 g/mol. The van der Waals surface area contributed by atoms with E-state index in [4.69, 9.17) is 16.3 Å². The number of aromatic hydroxyl groups is 1. The number of hydrogen-bond acceptors (Lipinski definition) is 4. The molecule has 0 saturated heterocycles. The van der Waals surface area contributed by atoms with E-state index >= 15 is 0 Å². The van der Waals surface area contributed by atoms with Crippen LogP contribution < -0.4 is 4.74 Å². The topological polar surface area (TPSA) is 51.0 Å². The van der Waals surface area contributed by atoms with Crippen LogP contribution in [0.25, 0.3) is 0 Å². The molecule has 0 radical (unpaired) electrons. The van der Waals surface area contributed by atoms with E-state index < -0.39 is 0 Å². The molecule has 1 aromatic carbocycles. The van der Waals surface area contributed by atoms with Gasteiger partial charge < -0.3 is 14.7 Å². The van der Waals surface area contributed by atoms with Crippen molar-refractivity contribution in [2.45, 2.75) is 0 Å². The van der Waals surface area contributed by atoms with Crippen LogP contribution in [-0.4, -0.2) is 24.5 Å². The maximum Gasteiger partial charge on any atom is 0.137 e. The Balaban J connectivity index is 2.50. The van der Waals surface area contributed by atoms with Crippen LogP contribution in [0.4, 0.5) is 0 Å². The van der Waals surface area contributed by atoms with E-state index in [2.05, 4.69) is 9.99 Å². The first kappa shape index (κ1) is 9.15. The minimum absolute atomic E-state index is 0.00378. The van der Waals surface area contributed by atoms with Gasteiger partial charge in [-0.2, -0.15) is 0 Å². The van der Waals surface area contributed by atoms with Gasteiger partial charge in [-0.1, -0.05) is 16.8 Å². The minimum Gasteiger partial charge on any atom is -0.506 e. The maximum atomic E-state index is 9.32. The summed E-state index contributed by atoms with van der Waals surface area (Å²) in [7, 11) is 1.47. The molecule has 0 amide bonds. The fourth-order valence-corrected chi connectivity index (χ4v) is 1.46. The van der Waals surface area contributed by atoms with Crippen LogP contribution in [0.2, 0.25) is 5.02 Å². The van der Waals surface area contributed by atoms with Crippen molar-refractivity contribution >= 4 is 17.3 Å². The first-order valence-electron chi connectivity index (χ1n) is 3.98. The summed E-state index contributed by atoms with van der Waals surface area (Å²) >= 11 is 5.76. The molecule has 1 aliphatic rings. The second-order valence-corrected chi connectivity index (χ2v) is 3.22. The summed E-state index contributed by atoms with van der Waals surface area (Å²) in [6.07, 6.45) is 0. The highest BCUT2D eigenvalue weighted by Crippen LogP contribution is 2.35. The average Bonchev–Trinajstić information content (AvgIpc) is 2.51. The molecule has 0 fully saturated rings. The van der Waals surface area contributed by atoms with Crippen LogP contribution in [0.3, 0.4) is 0 Å². The van der Waals surface area contributed by atoms with Crippen molar-refractivity contribution < 1.29 is 14.7 Å². The first-order chi connectivity index (χ1) is 6.72. The smallest absolute Gasteiger partial charge is 0.137 e. The number of phenols is 1. The molecular formula is C9H8ClNO3. The van der Waals surface area contributed by atoms with Crippen molar-refractivity contribution in [2.24, 2.45) is 5.16 Å². The first-order valence-corrected chi connectivity index (χ1v) is 4.36. The standard InChI is InChI=1S/C9H8ClNO3/c1-13-11-7-4-14-9-3-8(12)6(10)2-5(7)9/h2-3,12H,4H2,1H3. The van der Waals surface area contributed by atoms with Crippen LogP contribution in [0.5, 0.6) is 11.5 Å². The number of phenolic OH excluding ortho intramolecular Hbond substituents is 1. The molecule has 0 saturated carbocycles. The molecule has 0 spiro atoms. The highest BCUT2D eigenvalue weighted by molar-refractivity contribution is 6.32. The Morgan fingerprint density at radius 3 is 3.07 bits per heavy atom. The van der Waals surface area contributed by atoms with E-state index in [0.717, 1.165) is 5.56 Å². The van der Waals surface area contributed by atoms with Crippen LogP contribution in [0, 0.1) is 0 Å². The Morgan fingerprint density at radius 1 is 1.57 bits per heavy atom. The van der Waals surface area contributed by atoms with Crippen LogP contribution in [-0.2, 0) is 4.84 Å². The van der Waals surface area contributed by atoms with Gasteiger partial charge in [0, 0.05) is 11.6 Å². The predicted molar refractivity (Wildman–Crippen MR) is 52.2 cm³/mol. The van der Waals surface area contributed by atoms with Crippen molar-refractivity contribution in [2.75, 3.05) is 13.7 Å². The Kier molecular flexibility index (Phi) is 2.21. The maximum absolute atomic E-state index is 9.32. The number of oxime groups is 1. The summed E-state index contributed by atoms with van der Waals surface area (Å²) in [5.74, 6) is 0.576. The lowest BCUT2D eigenvalue weighted by Gasteiger charge is -2.00. The van der Waals surface area contributed by atoms with Crippen molar-refractivity contribution in [1.82, 2.24) is 0 Å². The zero-order valence-electron chi connectivity index (χ0n) is 7.45. The van der Waals surface area contributed by atoms with E-state index in [0.29, 0.717) is 18.1 Å². The molecule has 1 heterocycles. The van der Waals surface area contributed by atoms with Gasteiger partial charge in [0.05, 0.1) is 5.02 Å². The van der Waals surface area contributed by atoms with Crippen LogP contribution >= 0.6 is 11.6 Å². The van der Waals surface area contributed by atoms with Crippen molar-refractivity contribution in [3.05, 3.63) is 22.7 Å². The van der Waals surface area contributed by atoms with E-state index in [1.807, 2.05) is 0 Å². The highest BCUT2D eigenvalue weighted by Gasteiger charge is 2.21. The summed E-state index contributed by atoms with van der Waals surface area (Å²) in [5, 5.41) is 13.4. The molecule has 1 aromatic rings. The number of fused-ring (bicyclic) bond motifs is 1. The summed E-state index contributed by atoms with van der Waals surface area (Å²) in [4.78, 5) is 4.66. The fourth-order valence-electron chi connectivity index (χ4n) is 1.30. The highest BCUT2D eigenvalue weighted by atomic mass is 35.5. The Morgan fingerprint density at radius 2 is 2.36 bits per heavy atom. The molecule has 14 heavy (non-hydrogen) atoms. The molecule has 0 unspecified atom stereocenters. The summed E-state index contributed by atoms with van der Waals surface area (Å²) in [5.41, 5.74) is 1.43. The zero-order chi connectivity index (χ0) is 10.1. The van der Waals surface area contributed by atoms with Gasteiger partial charge in [0.2, 0.25) is 0 Å². The van der Waals surface area contributed by atoms with Crippen molar-refractivity contribution in [3.8, 4) is 11.5 Å². The number of hydrogen-bond donors (Lipinski definition) is 1. The predicted octanol–water partition coefficient (Wildman–Crippen LogP) is 1.79. The number of rotatable bonds is 1. The van der Waals surface area contributed by atoms with E-state index in [1.54, 1.807) is 6.07 Å². The lowest BCUT2D eigenvalue weighted by molar-refractivity contribution is 0.211. The van der Waals surface area contributed by atoms with Gasteiger partial charge in [-0.25, -0.2) is 0 Å². The van der Waals surface area contributed by atoms with Crippen molar-refractivity contribution in [3.63, 3.8) is 0 Å². The molecule has 74 valence electrons. The Labute approximate surface area is 85.7 Å². The van der Waals surface area contributed by atoms with Gasteiger partial charge in [0.15, 0.2) is 0 Å². The molecule has 1 aliphatic heterocycles. The lowest BCUT2D eigenvalue weighted by Crippen LogP contribution is -2.02. The van der Waals surface area contributed by atoms with Crippen molar-refractivity contribution in [1.29, 1.82) is 0 Å². The molecule has 0 aliphatic carbocycles. The van der Waals surface area contributed by atoms with Gasteiger partial charge in [-0.3, -0.25) is 0 Å². The van der Waals surface area contributed by atoms with Crippen LogP contribution in [0.1, 0.15) is 5.56 Å². The minimum atomic E-state index is 0.00378. The Bertz CT molecular complexity index is 403. The SMILES string of the molecule is CON=C1COc2cc(O)c(Cl)cc21. The normalized spacial score (nSPS) is 16.6. The summed E-state index contributed by atoms with van der Waals surface area (Å²) < 4.78 is 5.27. The van der Waals surface area contributed by atoms with Gasteiger partial charge in [0.1, 0.15) is 30.9 Å². The van der Waals surface area contributed by atoms with E-state index in [-0.39, 0.29) is 10.8 Å². The molecule has 5 heteroatoms. The van der Waals surface area contributed by atoms with Gasteiger partial charge in [-0.05, 0) is 6.07 Å². The summed E-state index contributed by atoms with van der Waals surface area (Å²) in [6, 6.07) is 3.08. The number of ether oxygens (including phenoxy) is 1. The second kappa shape index (κ2) is 3.38. The van der Waals surface area contributed by atoms with Gasteiger partial charge in [-0.15, -0.1) is 0 Å². The summed E-state index contributed by atoms with van der Waals surface area (Å²) in [6.45, 7) is 0.336. The van der Waals surface area contributed by atoms with E-state index in [1.165, 1.54) is 13.2 Å². The van der Waals surface area contributed by atoms with Crippen LogP contribution in [0.15, 0.2) is 17.3 Å². The Hall–Kier alpha value is -1.42. The van der Waals surface area contributed by atoms with Gasteiger partial charge >= 0.3 is 0 Å².